The van der Waals surface area contributed by atoms with Gasteiger partial charge in [0.15, 0.2) is 0 Å². The fourth-order valence-electron chi connectivity index (χ4n) is 1.92. The molecule has 4 heteroatoms. The van der Waals surface area contributed by atoms with Gasteiger partial charge in [-0.05, 0) is 31.2 Å². The minimum atomic E-state index is -0.359. The summed E-state index contributed by atoms with van der Waals surface area (Å²) in [4.78, 5) is 0. The summed E-state index contributed by atoms with van der Waals surface area (Å²) in [6.45, 7) is 3.47. The lowest BCUT2D eigenvalue weighted by Crippen LogP contribution is -2.04. The zero-order valence-corrected chi connectivity index (χ0v) is 11.4. The molecule has 0 heterocycles. The molecule has 2 aromatic carbocycles. The summed E-state index contributed by atoms with van der Waals surface area (Å²) >= 11 is 0. The summed E-state index contributed by atoms with van der Waals surface area (Å²) < 4.78 is 18.6. The van der Waals surface area contributed by atoms with Crippen LogP contribution in [0.3, 0.4) is 0 Å². The maximum atomic E-state index is 13.2. The third-order valence-corrected chi connectivity index (χ3v) is 2.99. The summed E-state index contributed by atoms with van der Waals surface area (Å²) in [7, 11) is 0. The Hall–Kier alpha value is -2.07. The Morgan fingerprint density at radius 2 is 1.95 bits per heavy atom. The molecule has 20 heavy (non-hydrogen) atoms. The van der Waals surface area contributed by atoms with Crippen molar-refractivity contribution in [3.05, 3.63) is 59.4 Å². The van der Waals surface area contributed by atoms with Crippen molar-refractivity contribution in [3.8, 4) is 5.75 Å². The zero-order valence-electron chi connectivity index (χ0n) is 11.4. The first-order valence-electron chi connectivity index (χ1n) is 6.57. The number of anilines is 1. The molecular formula is C16H18FNO2. The van der Waals surface area contributed by atoms with E-state index >= 15 is 0 Å². The van der Waals surface area contributed by atoms with Crippen molar-refractivity contribution in [2.75, 3.05) is 11.9 Å². The number of hydrogen-bond acceptors (Lipinski definition) is 3. The predicted molar refractivity (Wildman–Crippen MR) is 77.2 cm³/mol. The van der Waals surface area contributed by atoms with Crippen LogP contribution in [0.2, 0.25) is 0 Å². The van der Waals surface area contributed by atoms with E-state index in [1.54, 1.807) is 0 Å². The fraction of sp³-hybridized carbons (Fsp3) is 0.250. The van der Waals surface area contributed by atoms with Crippen molar-refractivity contribution in [1.82, 2.24) is 0 Å². The van der Waals surface area contributed by atoms with Gasteiger partial charge in [-0.3, -0.25) is 0 Å². The molecule has 0 saturated carbocycles. The van der Waals surface area contributed by atoms with Gasteiger partial charge in [0, 0.05) is 30.0 Å². The third kappa shape index (κ3) is 3.71. The van der Waals surface area contributed by atoms with E-state index in [0.29, 0.717) is 25.3 Å². The van der Waals surface area contributed by atoms with Crippen molar-refractivity contribution < 1.29 is 14.2 Å². The zero-order chi connectivity index (χ0) is 14.4. The lowest BCUT2D eigenvalue weighted by molar-refractivity contribution is 0.134. The summed E-state index contributed by atoms with van der Waals surface area (Å²) in [5.41, 5.74) is 2.48. The van der Waals surface area contributed by atoms with Crippen LogP contribution in [0.1, 0.15) is 18.1 Å². The Bertz CT molecular complexity index is 572. The highest BCUT2D eigenvalue weighted by Gasteiger charge is 2.05. The number of ether oxygens (including phenoxy) is 1. The number of rotatable bonds is 6. The van der Waals surface area contributed by atoms with E-state index < -0.39 is 0 Å². The molecule has 106 valence electrons. The normalized spacial score (nSPS) is 10.5. The van der Waals surface area contributed by atoms with E-state index in [9.17, 15) is 9.50 Å². The van der Waals surface area contributed by atoms with E-state index in [2.05, 4.69) is 5.32 Å². The largest absolute Gasteiger partial charge is 0.508 e. The Morgan fingerprint density at radius 3 is 2.75 bits per heavy atom. The predicted octanol–water partition coefficient (Wildman–Crippen LogP) is 3.68. The second-order valence-corrected chi connectivity index (χ2v) is 4.42. The maximum absolute atomic E-state index is 13.2. The molecule has 0 bridgehead atoms. The quantitative estimate of drug-likeness (QED) is 0.845. The lowest BCUT2D eigenvalue weighted by Gasteiger charge is -2.13. The third-order valence-electron chi connectivity index (χ3n) is 2.99. The van der Waals surface area contributed by atoms with Crippen LogP contribution in [-0.2, 0) is 17.9 Å². The van der Waals surface area contributed by atoms with Gasteiger partial charge in [0.1, 0.15) is 11.6 Å². The molecule has 0 aliphatic rings. The monoisotopic (exact) mass is 275 g/mol. The molecule has 2 N–H and O–H groups in total. The second kappa shape index (κ2) is 6.91. The highest BCUT2D eigenvalue weighted by Crippen LogP contribution is 2.21. The summed E-state index contributed by atoms with van der Waals surface area (Å²) in [5, 5.41) is 12.9. The smallest absolute Gasteiger partial charge is 0.123 e. The van der Waals surface area contributed by atoms with Crippen LogP contribution in [0.4, 0.5) is 10.1 Å². The first kappa shape index (κ1) is 14.3. The van der Waals surface area contributed by atoms with Crippen molar-refractivity contribution in [1.29, 1.82) is 0 Å². The Balaban J connectivity index is 2.08. The van der Waals surface area contributed by atoms with Crippen LogP contribution in [0.5, 0.6) is 5.75 Å². The van der Waals surface area contributed by atoms with Crippen molar-refractivity contribution in [3.63, 3.8) is 0 Å². The highest BCUT2D eigenvalue weighted by molar-refractivity contribution is 5.51. The molecule has 2 rings (SSSR count). The first-order valence-corrected chi connectivity index (χ1v) is 6.57. The van der Waals surface area contributed by atoms with Gasteiger partial charge in [-0.25, -0.2) is 4.39 Å². The van der Waals surface area contributed by atoms with Crippen LogP contribution in [0, 0.1) is 5.82 Å². The molecule has 0 aliphatic carbocycles. The van der Waals surface area contributed by atoms with E-state index in [1.807, 2.05) is 31.2 Å². The van der Waals surface area contributed by atoms with Crippen LogP contribution < -0.4 is 5.32 Å². The maximum Gasteiger partial charge on any atom is 0.123 e. The summed E-state index contributed by atoms with van der Waals surface area (Å²) in [6.07, 6.45) is 0. The topological polar surface area (TPSA) is 41.5 Å². The number of nitrogens with one attached hydrogen (secondary N) is 1. The van der Waals surface area contributed by atoms with E-state index in [-0.39, 0.29) is 11.6 Å². The highest BCUT2D eigenvalue weighted by atomic mass is 19.1. The molecule has 0 spiro atoms. The summed E-state index contributed by atoms with van der Waals surface area (Å²) in [5.74, 6) is -0.275. The number of para-hydroxylation sites is 1. The molecule has 0 aliphatic heterocycles. The molecule has 3 nitrogen and oxygen atoms in total. The van der Waals surface area contributed by atoms with Gasteiger partial charge in [-0.1, -0.05) is 18.2 Å². The molecule has 0 atom stereocenters. The first-order chi connectivity index (χ1) is 9.70. The number of hydrogen-bond donors (Lipinski definition) is 2. The van der Waals surface area contributed by atoms with Gasteiger partial charge in [-0.2, -0.15) is 0 Å². The van der Waals surface area contributed by atoms with E-state index in [0.717, 1.165) is 11.3 Å². The van der Waals surface area contributed by atoms with E-state index in [1.165, 1.54) is 18.2 Å². The van der Waals surface area contributed by atoms with Gasteiger partial charge >= 0.3 is 0 Å². The van der Waals surface area contributed by atoms with E-state index in [4.69, 9.17) is 4.74 Å². The average molecular weight is 275 g/mol. The molecule has 0 amide bonds. The van der Waals surface area contributed by atoms with Crippen molar-refractivity contribution in [2.24, 2.45) is 0 Å². The van der Waals surface area contributed by atoms with Gasteiger partial charge < -0.3 is 15.2 Å². The number of phenolic OH excluding ortho intramolecular Hbond substituents is 1. The molecule has 0 radical (unpaired) electrons. The SMILES string of the molecule is CCOCc1ccccc1NCc1cc(F)ccc1O. The standard InChI is InChI=1S/C16H18FNO2/c1-2-20-11-12-5-3-4-6-15(12)18-10-13-9-14(17)7-8-16(13)19/h3-9,18-19H,2,10-11H2,1H3. The number of phenols is 1. The number of halogens is 1. The second-order valence-electron chi connectivity index (χ2n) is 4.42. The van der Waals surface area contributed by atoms with Crippen LogP contribution in [0.25, 0.3) is 0 Å². The molecule has 0 unspecified atom stereocenters. The minimum Gasteiger partial charge on any atom is -0.508 e. The van der Waals surface area contributed by atoms with Gasteiger partial charge in [-0.15, -0.1) is 0 Å². The van der Waals surface area contributed by atoms with Gasteiger partial charge in [0.25, 0.3) is 0 Å². The van der Waals surface area contributed by atoms with Gasteiger partial charge in [0.2, 0.25) is 0 Å². The number of benzene rings is 2. The van der Waals surface area contributed by atoms with Crippen LogP contribution in [0.15, 0.2) is 42.5 Å². The number of aromatic hydroxyl groups is 1. The summed E-state index contributed by atoms with van der Waals surface area (Å²) in [6, 6.07) is 11.7. The Morgan fingerprint density at radius 1 is 1.15 bits per heavy atom. The Labute approximate surface area is 118 Å². The van der Waals surface area contributed by atoms with Gasteiger partial charge in [0.05, 0.1) is 6.61 Å². The molecule has 0 aromatic heterocycles. The van der Waals surface area contributed by atoms with Crippen LogP contribution >= 0.6 is 0 Å². The van der Waals surface area contributed by atoms with Crippen molar-refractivity contribution in [2.45, 2.75) is 20.1 Å². The molecule has 0 saturated heterocycles. The molecule has 2 aromatic rings. The molecular weight excluding hydrogens is 257 g/mol. The fourth-order valence-corrected chi connectivity index (χ4v) is 1.92. The van der Waals surface area contributed by atoms with Crippen LogP contribution in [-0.4, -0.2) is 11.7 Å². The lowest BCUT2D eigenvalue weighted by atomic mass is 10.1. The minimum absolute atomic E-state index is 0.0844. The Kier molecular flexibility index (Phi) is 4.96. The van der Waals surface area contributed by atoms with Crippen molar-refractivity contribution >= 4 is 5.69 Å². The average Bonchev–Trinajstić information content (AvgIpc) is 2.47. The molecule has 0 fully saturated rings.